The molecule has 4 rings (SSSR count). The van der Waals surface area contributed by atoms with Crippen LogP contribution in [0.5, 0.6) is 11.5 Å². The Bertz CT molecular complexity index is 1520. The number of hydrogen-bond acceptors (Lipinski definition) is 9. The molecule has 0 saturated heterocycles. The number of esters is 3. The lowest BCUT2D eigenvalue weighted by molar-refractivity contribution is -0.132. The zero-order valence-corrected chi connectivity index (χ0v) is 18.8. The van der Waals surface area contributed by atoms with Gasteiger partial charge < -0.3 is 23.0 Å². The van der Waals surface area contributed by atoms with Crippen LogP contribution in [0.2, 0.25) is 0 Å². The molecule has 0 spiro atoms. The third-order valence-electron chi connectivity index (χ3n) is 4.91. The summed E-state index contributed by atoms with van der Waals surface area (Å²) >= 11 is 0. The van der Waals surface area contributed by atoms with Crippen molar-refractivity contribution in [1.82, 2.24) is 0 Å². The molecule has 0 N–H and O–H groups in total. The molecule has 34 heavy (non-hydrogen) atoms. The minimum absolute atomic E-state index is 0.0196. The molecule has 9 heteroatoms. The second-order valence-electron chi connectivity index (χ2n) is 7.43. The quantitative estimate of drug-likeness (QED) is 0.309. The molecule has 2 heterocycles. The third kappa shape index (κ3) is 4.27. The Morgan fingerprint density at radius 1 is 0.912 bits per heavy atom. The van der Waals surface area contributed by atoms with Crippen molar-refractivity contribution >= 4 is 39.8 Å². The van der Waals surface area contributed by atoms with Gasteiger partial charge in [-0.3, -0.25) is 14.4 Å². The van der Waals surface area contributed by atoms with E-state index >= 15 is 0 Å². The molecule has 0 unspecified atom stereocenters. The van der Waals surface area contributed by atoms with E-state index < -0.39 is 23.3 Å². The number of rotatable bonds is 5. The van der Waals surface area contributed by atoms with Crippen LogP contribution in [0.4, 0.5) is 0 Å². The van der Waals surface area contributed by atoms with E-state index in [0.717, 1.165) is 0 Å². The number of carbonyl (C=O) groups excluding carboxylic acids is 3. The fraction of sp³-hybridized carbons (Fsp3) is 0.200. The van der Waals surface area contributed by atoms with Gasteiger partial charge in [0, 0.05) is 31.4 Å². The van der Waals surface area contributed by atoms with Gasteiger partial charge in [-0.2, -0.15) is 0 Å². The van der Waals surface area contributed by atoms with Gasteiger partial charge in [0.05, 0.1) is 12.2 Å². The van der Waals surface area contributed by atoms with Crippen LogP contribution in [0.1, 0.15) is 37.1 Å². The first-order valence-corrected chi connectivity index (χ1v) is 10.4. The van der Waals surface area contributed by atoms with Crippen molar-refractivity contribution < 1.29 is 37.4 Å². The summed E-state index contributed by atoms with van der Waals surface area (Å²) in [5, 5.41) is 0.607. The van der Waals surface area contributed by atoms with Crippen LogP contribution in [-0.2, 0) is 14.3 Å². The summed E-state index contributed by atoms with van der Waals surface area (Å²) < 4.78 is 26.7. The maximum atomic E-state index is 13.6. The predicted octanol–water partition coefficient (Wildman–Crippen LogP) is 4.54. The first-order chi connectivity index (χ1) is 16.2. The molecule has 2 aromatic heterocycles. The Hall–Kier alpha value is -4.40. The Morgan fingerprint density at radius 3 is 2.32 bits per heavy atom. The van der Waals surface area contributed by atoms with Gasteiger partial charge in [0.25, 0.3) is 0 Å². The summed E-state index contributed by atoms with van der Waals surface area (Å²) in [5.74, 6) is -1.51. The molecule has 0 amide bonds. The van der Waals surface area contributed by atoms with E-state index in [1.54, 1.807) is 32.0 Å². The molecule has 174 valence electrons. The summed E-state index contributed by atoms with van der Waals surface area (Å²) in [5.41, 5.74) is 0.839. The first kappa shape index (κ1) is 22.8. The number of carbonyl (C=O) groups is 3. The molecule has 0 aliphatic rings. The lowest BCUT2D eigenvalue weighted by atomic mass is 10.0. The second kappa shape index (κ2) is 8.86. The Balaban J connectivity index is 1.91. The maximum Gasteiger partial charge on any atom is 0.374 e. The molecule has 0 aliphatic heterocycles. The first-order valence-electron chi connectivity index (χ1n) is 10.4. The van der Waals surface area contributed by atoms with Gasteiger partial charge in [0.1, 0.15) is 33.8 Å². The van der Waals surface area contributed by atoms with Crippen molar-refractivity contribution in [3.63, 3.8) is 0 Å². The van der Waals surface area contributed by atoms with Crippen LogP contribution in [-0.4, -0.2) is 24.5 Å². The van der Waals surface area contributed by atoms with E-state index in [1.807, 2.05) is 0 Å². The van der Waals surface area contributed by atoms with E-state index in [4.69, 9.17) is 23.0 Å². The van der Waals surface area contributed by atoms with Crippen molar-refractivity contribution in [2.24, 2.45) is 0 Å². The van der Waals surface area contributed by atoms with Crippen molar-refractivity contribution in [3.05, 3.63) is 58.1 Å². The molecule has 0 radical (unpaired) electrons. The van der Waals surface area contributed by atoms with Gasteiger partial charge in [-0.15, -0.1) is 0 Å². The minimum atomic E-state index is -0.658. The maximum absolute atomic E-state index is 13.6. The lowest BCUT2D eigenvalue weighted by Gasteiger charge is -2.12. The van der Waals surface area contributed by atoms with E-state index in [0.29, 0.717) is 22.3 Å². The van der Waals surface area contributed by atoms with Crippen LogP contribution in [0.3, 0.4) is 0 Å². The van der Waals surface area contributed by atoms with Crippen LogP contribution < -0.4 is 14.9 Å². The Morgan fingerprint density at radius 2 is 1.65 bits per heavy atom. The normalized spacial score (nSPS) is 10.9. The molecule has 9 nitrogen and oxygen atoms in total. The number of furan rings is 1. The summed E-state index contributed by atoms with van der Waals surface area (Å²) in [6.45, 7) is 5.93. The van der Waals surface area contributed by atoms with Crippen LogP contribution in [0.25, 0.3) is 33.1 Å². The van der Waals surface area contributed by atoms with Gasteiger partial charge in [-0.1, -0.05) is 6.07 Å². The van der Waals surface area contributed by atoms with E-state index in [9.17, 15) is 19.2 Å². The number of ether oxygens (including phenoxy) is 3. The van der Waals surface area contributed by atoms with Gasteiger partial charge in [-0.25, -0.2) is 4.79 Å². The summed E-state index contributed by atoms with van der Waals surface area (Å²) in [4.78, 5) is 48.6. The van der Waals surface area contributed by atoms with Gasteiger partial charge in [0.15, 0.2) is 0 Å². The van der Waals surface area contributed by atoms with Crippen molar-refractivity contribution in [1.29, 1.82) is 0 Å². The van der Waals surface area contributed by atoms with E-state index in [1.165, 1.54) is 32.0 Å². The molecule has 0 saturated carbocycles. The molecular weight excluding hydrogens is 444 g/mol. The number of aryl methyl sites for hydroxylation is 1. The average molecular weight is 464 g/mol. The molecule has 0 atom stereocenters. The topological polar surface area (TPSA) is 122 Å². The molecule has 0 fully saturated rings. The van der Waals surface area contributed by atoms with E-state index in [-0.39, 0.29) is 40.4 Å². The molecular formula is C25H20O9. The highest BCUT2D eigenvalue weighted by Gasteiger charge is 2.21. The monoisotopic (exact) mass is 464 g/mol. The van der Waals surface area contributed by atoms with Gasteiger partial charge >= 0.3 is 17.9 Å². The van der Waals surface area contributed by atoms with E-state index in [2.05, 4.69) is 0 Å². The van der Waals surface area contributed by atoms with Crippen molar-refractivity contribution in [2.45, 2.75) is 27.7 Å². The minimum Gasteiger partial charge on any atom is -0.460 e. The molecule has 4 aromatic rings. The number of hydrogen-bond donors (Lipinski definition) is 0. The third-order valence-corrected chi connectivity index (χ3v) is 4.91. The zero-order valence-electron chi connectivity index (χ0n) is 18.8. The van der Waals surface area contributed by atoms with Gasteiger partial charge in [0.2, 0.25) is 11.2 Å². The van der Waals surface area contributed by atoms with Crippen LogP contribution in [0.15, 0.2) is 50.0 Å². The van der Waals surface area contributed by atoms with Gasteiger partial charge in [-0.05, 0) is 37.6 Å². The Labute approximate surface area is 192 Å². The fourth-order valence-electron chi connectivity index (χ4n) is 3.67. The molecule has 2 aromatic carbocycles. The molecule has 0 aliphatic carbocycles. The summed E-state index contributed by atoms with van der Waals surface area (Å²) in [6.07, 6.45) is 0. The van der Waals surface area contributed by atoms with Crippen molar-refractivity contribution in [2.75, 3.05) is 6.61 Å². The van der Waals surface area contributed by atoms with Crippen LogP contribution in [0, 0.1) is 6.92 Å². The number of fused-ring (bicyclic) bond motifs is 2. The summed E-state index contributed by atoms with van der Waals surface area (Å²) in [6, 6.07) is 9.17. The van der Waals surface area contributed by atoms with Crippen molar-refractivity contribution in [3.8, 4) is 22.6 Å². The highest BCUT2D eigenvalue weighted by molar-refractivity contribution is 5.95. The zero-order chi connectivity index (χ0) is 24.6. The predicted molar refractivity (Wildman–Crippen MR) is 121 cm³/mol. The summed E-state index contributed by atoms with van der Waals surface area (Å²) in [7, 11) is 0. The highest BCUT2D eigenvalue weighted by atomic mass is 16.6. The average Bonchev–Trinajstić information content (AvgIpc) is 3.16. The van der Waals surface area contributed by atoms with Crippen LogP contribution >= 0.6 is 0 Å². The fourth-order valence-corrected chi connectivity index (χ4v) is 3.67. The lowest BCUT2D eigenvalue weighted by Crippen LogP contribution is -2.12. The smallest absolute Gasteiger partial charge is 0.374 e. The highest BCUT2D eigenvalue weighted by Crippen LogP contribution is 2.34. The SMILES string of the molecule is CCOC(=O)c1cc2cc(-c3c(C)oc4cc(OC(C)=O)cc(OC(C)=O)c4c3=O)ccc2o1. The second-order valence-corrected chi connectivity index (χ2v) is 7.43. The number of benzene rings is 2. The molecule has 0 bridgehead atoms. The Kier molecular flexibility index (Phi) is 5.93. The standard InChI is InChI=1S/C25H20O9/c1-5-30-25(29)21-9-16-8-15(6-7-18(16)34-21)22-12(2)31-19-10-17(32-13(3)26)11-20(33-14(4)27)23(19)24(22)28/h6-11H,5H2,1-4H3. The largest absolute Gasteiger partial charge is 0.460 e.